The Morgan fingerprint density at radius 1 is 1.42 bits per heavy atom. The first-order valence-corrected chi connectivity index (χ1v) is 6.81. The van der Waals surface area contributed by atoms with Crippen LogP contribution in [0.25, 0.3) is 0 Å². The van der Waals surface area contributed by atoms with Crippen molar-refractivity contribution in [3.05, 3.63) is 36.5 Å². The van der Waals surface area contributed by atoms with Crippen LogP contribution < -0.4 is 0 Å². The van der Waals surface area contributed by atoms with Gasteiger partial charge in [-0.2, -0.15) is 0 Å². The molecule has 1 N–H and O–H groups in total. The number of methoxy groups -OCH3 is 1. The van der Waals surface area contributed by atoms with Crippen LogP contribution in [0.1, 0.15) is 33.6 Å². The number of ether oxygens (including phenoxy) is 2. The van der Waals surface area contributed by atoms with Gasteiger partial charge < -0.3 is 14.6 Å². The smallest absolute Gasteiger partial charge is 0.146 e. The Kier molecular flexibility index (Phi) is 10.5. The third kappa shape index (κ3) is 8.76. The van der Waals surface area contributed by atoms with Gasteiger partial charge >= 0.3 is 0 Å². The van der Waals surface area contributed by atoms with Gasteiger partial charge in [-0.15, -0.1) is 6.58 Å². The van der Waals surface area contributed by atoms with E-state index in [-0.39, 0.29) is 12.9 Å². The monoisotopic (exact) mass is 268 g/mol. The van der Waals surface area contributed by atoms with Gasteiger partial charge in [0.1, 0.15) is 6.79 Å². The first kappa shape index (κ1) is 18.1. The summed E-state index contributed by atoms with van der Waals surface area (Å²) in [5.41, 5.74) is 1.23. The number of aliphatic hydroxyl groups excluding tert-OH is 1. The van der Waals surface area contributed by atoms with Gasteiger partial charge in [-0.3, -0.25) is 0 Å². The molecule has 0 radical (unpaired) electrons. The van der Waals surface area contributed by atoms with Crippen molar-refractivity contribution in [3.63, 3.8) is 0 Å². The molecule has 0 aliphatic rings. The minimum absolute atomic E-state index is 0.181. The molecule has 0 unspecified atom stereocenters. The molecule has 0 heterocycles. The van der Waals surface area contributed by atoms with Crippen LogP contribution in [0.3, 0.4) is 0 Å². The van der Waals surface area contributed by atoms with Crippen molar-refractivity contribution in [1.82, 2.24) is 0 Å². The molecular weight excluding hydrogens is 240 g/mol. The number of allylic oxidation sites excluding steroid dienone is 4. The lowest BCUT2D eigenvalue weighted by Crippen LogP contribution is -2.29. The van der Waals surface area contributed by atoms with Crippen molar-refractivity contribution in [2.24, 2.45) is 5.92 Å². The van der Waals surface area contributed by atoms with E-state index in [9.17, 15) is 5.11 Å². The molecule has 0 bridgehead atoms. The maximum absolute atomic E-state index is 9.84. The van der Waals surface area contributed by atoms with Gasteiger partial charge in [0.15, 0.2) is 0 Å². The van der Waals surface area contributed by atoms with E-state index in [4.69, 9.17) is 9.47 Å². The molecule has 0 fully saturated rings. The molecule has 0 aromatic rings. The van der Waals surface area contributed by atoms with E-state index < -0.39 is 6.10 Å². The highest BCUT2D eigenvalue weighted by Crippen LogP contribution is 2.16. The fourth-order valence-electron chi connectivity index (χ4n) is 1.86. The molecular formula is C16H28O3. The van der Waals surface area contributed by atoms with Gasteiger partial charge in [0.2, 0.25) is 0 Å². The molecule has 0 saturated carbocycles. The molecule has 0 aliphatic carbocycles. The van der Waals surface area contributed by atoms with E-state index in [0.717, 1.165) is 12.8 Å². The van der Waals surface area contributed by atoms with Gasteiger partial charge in [0, 0.05) is 7.11 Å². The Balaban J connectivity index is 4.47. The fraction of sp³-hybridized carbons (Fsp3) is 0.625. The second-order valence-corrected chi connectivity index (χ2v) is 4.77. The summed E-state index contributed by atoms with van der Waals surface area (Å²) in [5, 5.41) is 9.84. The predicted molar refractivity (Wildman–Crippen MR) is 79.9 cm³/mol. The van der Waals surface area contributed by atoms with E-state index in [0.29, 0.717) is 5.92 Å². The first-order valence-electron chi connectivity index (χ1n) is 6.81. The predicted octanol–water partition coefficient (Wildman–Crippen LogP) is 3.46. The molecule has 0 saturated heterocycles. The number of hydrogen-bond donors (Lipinski definition) is 1. The second-order valence-electron chi connectivity index (χ2n) is 4.77. The topological polar surface area (TPSA) is 38.7 Å². The highest BCUT2D eigenvalue weighted by molar-refractivity contribution is 5.16. The molecule has 110 valence electrons. The van der Waals surface area contributed by atoms with Crippen molar-refractivity contribution in [2.75, 3.05) is 13.9 Å². The van der Waals surface area contributed by atoms with Gasteiger partial charge in [-0.25, -0.2) is 0 Å². The molecule has 3 heteroatoms. The largest absolute Gasteiger partial charge is 0.386 e. The summed E-state index contributed by atoms with van der Waals surface area (Å²) in [6, 6.07) is 0. The minimum Gasteiger partial charge on any atom is -0.386 e. The number of rotatable bonds is 10. The fourth-order valence-corrected chi connectivity index (χ4v) is 1.86. The zero-order valence-corrected chi connectivity index (χ0v) is 12.6. The van der Waals surface area contributed by atoms with Crippen molar-refractivity contribution >= 4 is 0 Å². The van der Waals surface area contributed by atoms with Crippen LogP contribution in [0.5, 0.6) is 0 Å². The molecule has 3 atom stereocenters. The summed E-state index contributed by atoms with van der Waals surface area (Å²) >= 11 is 0. The molecule has 0 spiro atoms. The van der Waals surface area contributed by atoms with Gasteiger partial charge in [0.05, 0.1) is 12.2 Å². The summed E-state index contributed by atoms with van der Waals surface area (Å²) in [5.74, 6) is 0.318. The van der Waals surface area contributed by atoms with E-state index in [1.807, 2.05) is 0 Å². The molecule has 19 heavy (non-hydrogen) atoms. The van der Waals surface area contributed by atoms with Gasteiger partial charge in [-0.05, 0) is 25.7 Å². The second kappa shape index (κ2) is 11.0. The third-order valence-corrected chi connectivity index (χ3v) is 2.79. The summed E-state index contributed by atoms with van der Waals surface area (Å²) in [6.45, 7) is 10.1. The number of aliphatic hydroxyl groups is 1. The van der Waals surface area contributed by atoms with Crippen LogP contribution in [0, 0.1) is 5.92 Å². The quantitative estimate of drug-likeness (QED) is 0.374. The molecule has 0 aromatic carbocycles. The SMILES string of the molecule is C=C[C@H](O)[C@H](C[C@@H](C)/C=C(C)/C=C/CC)OCOC. The summed E-state index contributed by atoms with van der Waals surface area (Å²) < 4.78 is 10.4. The van der Waals surface area contributed by atoms with Crippen molar-refractivity contribution in [3.8, 4) is 0 Å². The maximum atomic E-state index is 9.84. The van der Waals surface area contributed by atoms with E-state index >= 15 is 0 Å². The zero-order chi connectivity index (χ0) is 14.7. The summed E-state index contributed by atoms with van der Waals surface area (Å²) in [4.78, 5) is 0. The lowest BCUT2D eigenvalue weighted by atomic mass is 9.97. The highest BCUT2D eigenvalue weighted by Gasteiger charge is 2.19. The van der Waals surface area contributed by atoms with E-state index in [1.54, 1.807) is 7.11 Å². The average Bonchev–Trinajstić information content (AvgIpc) is 2.40. The van der Waals surface area contributed by atoms with Crippen molar-refractivity contribution in [1.29, 1.82) is 0 Å². The molecule has 0 aliphatic heterocycles. The molecule has 3 nitrogen and oxygen atoms in total. The zero-order valence-electron chi connectivity index (χ0n) is 12.6. The first-order chi connectivity index (χ1) is 9.04. The van der Waals surface area contributed by atoms with Crippen LogP contribution in [0.15, 0.2) is 36.5 Å². The Hall–Kier alpha value is -0.900. The third-order valence-electron chi connectivity index (χ3n) is 2.79. The van der Waals surface area contributed by atoms with Gasteiger partial charge in [0.25, 0.3) is 0 Å². The summed E-state index contributed by atoms with van der Waals surface area (Å²) in [6.07, 6.45) is 8.75. The van der Waals surface area contributed by atoms with Crippen molar-refractivity contribution in [2.45, 2.75) is 45.8 Å². The number of hydrogen-bond acceptors (Lipinski definition) is 3. The van der Waals surface area contributed by atoms with Crippen LogP contribution in [-0.4, -0.2) is 31.2 Å². The molecule has 0 amide bonds. The lowest BCUT2D eigenvalue weighted by Gasteiger charge is -2.22. The van der Waals surface area contributed by atoms with Crippen LogP contribution >= 0.6 is 0 Å². The Labute approximate surface area is 117 Å². The Bertz CT molecular complexity index is 294. The normalized spacial score (nSPS) is 17.4. The maximum Gasteiger partial charge on any atom is 0.146 e. The lowest BCUT2D eigenvalue weighted by molar-refractivity contribution is -0.107. The molecule has 0 aromatic heterocycles. The van der Waals surface area contributed by atoms with Crippen LogP contribution in [0.2, 0.25) is 0 Å². The van der Waals surface area contributed by atoms with E-state index in [2.05, 4.69) is 45.6 Å². The Morgan fingerprint density at radius 3 is 2.63 bits per heavy atom. The highest BCUT2D eigenvalue weighted by atomic mass is 16.7. The van der Waals surface area contributed by atoms with Crippen molar-refractivity contribution < 1.29 is 14.6 Å². The minimum atomic E-state index is -0.669. The van der Waals surface area contributed by atoms with Crippen LogP contribution in [-0.2, 0) is 9.47 Å². The standard InChI is InChI=1S/C16H28O3/c1-6-8-9-13(3)10-14(4)11-16(15(17)7-2)19-12-18-5/h7-10,14-17H,2,6,11-12H2,1,3-5H3/b9-8+,13-10+/t14-,15-,16-/m0/s1. The molecule has 0 rings (SSSR count). The summed E-state index contributed by atoms with van der Waals surface area (Å²) in [7, 11) is 1.57. The van der Waals surface area contributed by atoms with E-state index in [1.165, 1.54) is 11.6 Å². The van der Waals surface area contributed by atoms with Gasteiger partial charge in [-0.1, -0.05) is 43.7 Å². The Morgan fingerprint density at radius 2 is 2.11 bits per heavy atom. The van der Waals surface area contributed by atoms with Crippen LogP contribution in [0.4, 0.5) is 0 Å². The average molecular weight is 268 g/mol.